The Hall–Kier alpha value is -1.14. The van der Waals surface area contributed by atoms with Crippen molar-refractivity contribution in [3.05, 3.63) is 11.1 Å². The molecule has 0 atom stereocenters. The van der Waals surface area contributed by atoms with Crippen molar-refractivity contribution in [2.45, 2.75) is 33.7 Å². The predicted molar refractivity (Wildman–Crippen MR) is 80.7 cm³/mol. The molecule has 0 bridgehead atoms. The number of anilines is 1. The van der Waals surface area contributed by atoms with E-state index in [2.05, 4.69) is 34.4 Å². The topological polar surface area (TPSA) is 57.3 Å². The van der Waals surface area contributed by atoms with E-state index in [9.17, 15) is 4.79 Å². The molecule has 1 heterocycles. The summed E-state index contributed by atoms with van der Waals surface area (Å²) < 4.78 is 0. The minimum absolute atomic E-state index is 0.0512. The van der Waals surface area contributed by atoms with Gasteiger partial charge in [-0.3, -0.25) is 4.79 Å². The lowest BCUT2D eigenvalue weighted by Crippen LogP contribution is -2.33. The van der Waals surface area contributed by atoms with Crippen LogP contribution in [0.1, 0.15) is 32.1 Å². The lowest BCUT2D eigenvalue weighted by molar-refractivity contribution is -0.120. The van der Waals surface area contributed by atoms with E-state index in [4.69, 9.17) is 0 Å². The fourth-order valence-electron chi connectivity index (χ4n) is 1.65. The first-order valence-corrected chi connectivity index (χ1v) is 7.69. The fraction of sp³-hybridized carbons (Fsp3) is 0.692. The molecule has 0 aliphatic heterocycles. The van der Waals surface area contributed by atoms with Crippen LogP contribution in [0.4, 0.5) is 5.13 Å². The summed E-state index contributed by atoms with van der Waals surface area (Å²) in [4.78, 5) is 19.2. The third-order valence-electron chi connectivity index (χ3n) is 2.73. The number of nitrogens with zero attached hydrogens (tertiary/aromatic N) is 2. The molecule has 5 nitrogen and oxygen atoms in total. The normalized spacial score (nSPS) is 10.5. The number of nitrogens with one attached hydrogen (secondary N) is 2. The van der Waals surface area contributed by atoms with E-state index < -0.39 is 0 Å². The summed E-state index contributed by atoms with van der Waals surface area (Å²) in [7, 11) is 0. The average Bonchev–Trinajstić information content (AvgIpc) is 2.86. The molecule has 108 valence electrons. The van der Waals surface area contributed by atoms with Crippen molar-refractivity contribution in [3.63, 3.8) is 0 Å². The fourth-order valence-corrected chi connectivity index (χ4v) is 2.65. The minimum Gasteiger partial charge on any atom is -0.355 e. The van der Waals surface area contributed by atoms with Gasteiger partial charge in [-0.2, -0.15) is 0 Å². The number of hydrogen-bond donors (Lipinski definition) is 2. The van der Waals surface area contributed by atoms with Crippen molar-refractivity contribution in [2.24, 2.45) is 0 Å². The van der Waals surface area contributed by atoms with Crippen LogP contribution < -0.4 is 15.5 Å². The highest BCUT2D eigenvalue weighted by molar-refractivity contribution is 7.15. The molecular formula is C13H24N4OS. The molecule has 0 unspecified atom stereocenters. The lowest BCUT2D eigenvalue weighted by atomic mass is 10.4. The molecule has 0 saturated carbocycles. The maximum Gasteiger partial charge on any atom is 0.233 e. The van der Waals surface area contributed by atoms with Crippen molar-refractivity contribution < 1.29 is 4.79 Å². The van der Waals surface area contributed by atoms with E-state index in [-0.39, 0.29) is 5.91 Å². The maximum absolute atomic E-state index is 11.4. The first-order valence-electron chi connectivity index (χ1n) is 6.88. The summed E-state index contributed by atoms with van der Waals surface area (Å²) >= 11 is 1.68. The van der Waals surface area contributed by atoms with Crippen molar-refractivity contribution in [2.75, 3.05) is 31.1 Å². The molecule has 0 aromatic carbocycles. The van der Waals surface area contributed by atoms with Gasteiger partial charge in [0.05, 0.1) is 6.54 Å². The van der Waals surface area contributed by atoms with Crippen LogP contribution in [0.25, 0.3) is 0 Å². The summed E-state index contributed by atoms with van der Waals surface area (Å²) in [5, 5.41) is 7.03. The van der Waals surface area contributed by atoms with E-state index in [0.717, 1.165) is 36.1 Å². The SMILES string of the molecule is CCCNC(=O)CNCc1cnc(N(CC)CC)s1. The molecule has 0 saturated heterocycles. The number of aromatic nitrogens is 1. The Labute approximate surface area is 119 Å². The zero-order chi connectivity index (χ0) is 14.1. The smallest absolute Gasteiger partial charge is 0.233 e. The van der Waals surface area contributed by atoms with Crippen LogP contribution in [0.15, 0.2) is 6.20 Å². The van der Waals surface area contributed by atoms with Crippen molar-refractivity contribution in [1.82, 2.24) is 15.6 Å². The van der Waals surface area contributed by atoms with Crippen LogP contribution in [0.5, 0.6) is 0 Å². The Morgan fingerprint density at radius 2 is 2.11 bits per heavy atom. The summed E-state index contributed by atoms with van der Waals surface area (Å²) in [6.45, 7) is 10.0. The standard InChI is InChI=1S/C13H24N4OS/c1-4-7-15-12(18)10-14-8-11-9-16-13(19-11)17(5-2)6-3/h9,14H,4-8,10H2,1-3H3,(H,15,18). The Morgan fingerprint density at radius 3 is 2.74 bits per heavy atom. The van der Waals surface area contributed by atoms with Gasteiger partial charge in [0.2, 0.25) is 5.91 Å². The van der Waals surface area contributed by atoms with Gasteiger partial charge < -0.3 is 15.5 Å². The summed E-state index contributed by atoms with van der Waals surface area (Å²) in [6.07, 6.45) is 2.85. The van der Waals surface area contributed by atoms with Gasteiger partial charge in [0, 0.05) is 37.3 Å². The molecule has 1 amide bonds. The van der Waals surface area contributed by atoms with E-state index >= 15 is 0 Å². The molecule has 0 radical (unpaired) electrons. The van der Waals surface area contributed by atoms with Crippen LogP contribution >= 0.6 is 11.3 Å². The van der Waals surface area contributed by atoms with Crippen LogP contribution in [-0.4, -0.2) is 37.1 Å². The minimum atomic E-state index is 0.0512. The molecule has 0 aliphatic rings. The van der Waals surface area contributed by atoms with E-state index in [1.165, 1.54) is 0 Å². The van der Waals surface area contributed by atoms with Crippen LogP contribution in [0.3, 0.4) is 0 Å². The molecule has 0 aliphatic carbocycles. The number of amides is 1. The van der Waals surface area contributed by atoms with E-state index in [0.29, 0.717) is 13.1 Å². The third kappa shape index (κ3) is 5.57. The maximum atomic E-state index is 11.4. The zero-order valence-electron chi connectivity index (χ0n) is 12.0. The molecule has 0 fully saturated rings. The predicted octanol–water partition coefficient (Wildman–Crippen LogP) is 1.61. The monoisotopic (exact) mass is 284 g/mol. The molecule has 1 aromatic rings. The number of carbonyl (C=O) groups excluding carboxylic acids is 1. The molecular weight excluding hydrogens is 260 g/mol. The van der Waals surface area contributed by atoms with E-state index in [1.54, 1.807) is 11.3 Å². The van der Waals surface area contributed by atoms with E-state index in [1.807, 2.05) is 13.1 Å². The van der Waals surface area contributed by atoms with Crippen LogP contribution in [-0.2, 0) is 11.3 Å². The molecule has 0 spiro atoms. The average molecular weight is 284 g/mol. The van der Waals surface area contributed by atoms with Crippen molar-refractivity contribution in [3.8, 4) is 0 Å². The van der Waals surface area contributed by atoms with Gasteiger partial charge in [-0.15, -0.1) is 11.3 Å². The summed E-state index contributed by atoms with van der Waals surface area (Å²) in [6, 6.07) is 0. The highest BCUT2D eigenvalue weighted by Gasteiger charge is 2.07. The number of rotatable bonds is 9. The highest BCUT2D eigenvalue weighted by atomic mass is 32.1. The van der Waals surface area contributed by atoms with Gasteiger partial charge in [0.1, 0.15) is 0 Å². The molecule has 1 aromatic heterocycles. The molecule has 6 heteroatoms. The van der Waals surface area contributed by atoms with Gasteiger partial charge in [0.25, 0.3) is 0 Å². The van der Waals surface area contributed by atoms with Gasteiger partial charge >= 0.3 is 0 Å². The van der Waals surface area contributed by atoms with Crippen LogP contribution in [0, 0.1) is 0 Å². The summed E-state index contributed by atoms with van der Waals surface area (Å²) in [5.41, 5.74) is 0. The van der Waals surface area contributed by atoms with Gasteiger partial charge in [0.15, 0.2) is 5.13 Å². The Kier molecular flexibility index (Phi) is 7.43. The Balaban J connectivity index is 2.32. The molecule has 19 heavy (non-hydrogen) atoms. The number of thiazole rings is 1. The van der Waals surface area contributed by atoms with Gasteiger partial charge in [-0.25, -0.2) is 4.98 Å². The zero-order valence-corrected chi connectivity index (χ0v) is 12.8. The Bertz CT molecular complexity index is 376. The van der Waals surface area contributed by atoms with Crippen molar-refractivity contribution >= 4 is 22.4 Å². The second-order valence-corrected chi connectivity index (χ2v) is 5.33. The Morgan fingerprint density at radius 1 is 1.37 bits per heavy atom. The number of carbonyl (C=O) groups is 1. The molecule has 2 N–H and O–H groups in total. The molecule has 1 rings (SSSR count). The first-order chi connectivity index (χ1) is 9.21. The lowest BCUT2D eigenvalue weighted by Gasteiger charge is -2.16. The highest BCUT2D eigenvalue weighted by Crippen LogP contribution is 2.21. The van der Waals surface area contributed by atoms with Crippen LogP contribution in [0.2, 0.25) is 0 Å². The largest absolute Gasteiger partial charge is 0.355 e. The first kappa shape index (κ1) is 15.9. The van der Waals surface area contributed by atoms with Gasteiger partial charge in [-0.1, -0.05) is 6.92 Å². The summed E-state index contributed by atoms with van der Waals surface area (Å²) in [5.74, 6) is 0.0512. The van der Waals surface area contributed by atoms with Gasteiger partial charge in [-0.05, 0) is 20.3 Å². The second-order valence-electron chi connectivity index (χ2n) is 4.23. The second kappa shape index (κ2) is 8.87. The quantitative estimate of drug-likeness (QED) is 0.723. The number of hydrogen-bond acceptors (Lipinski definition) is 5. The van der Waals surface area contributed by atoms with Crippen molar-refractivity contribution in [1.29, 1.82) is 0 Å². The third-order valence-corrected chi connectivity index (χ3v) is 3.79.